The van der Waals surface area contributed by atoms with Crippen molar-refractivity contribution in [1.82, 2.24) is 9.97 Å². The fourth-order valence-electron chi connectivity index (χ4n) is 2.23. The van der Waals surface area contributed by atoms with E-state index in [-0.39, 0.29) is 5.69 Å². The Labute approximate surface area is 129 Å². The molecule has 0 fully saturated rings. The van der Waals surface area contributed by atoms with Gasteiger partial charge in [-0.2, -0.15) is 0 Å². The molecule has 22 heavy (non-hydrogen) atoms. The zero-order chi connectivity index (χ0) is 16.1. The number of aryl methyl sites for hydroxylation is 1. The number of nitrogens with zero attached hydrogens (tertiary/aromatic N) is 3. The van der Waals surface area contributed by atoms with Crippen LogP contribution in [0.25, 0.3) is 11.4 Å². The number of hydrogen-bond acceptors (Lipinski definition) is 5. The summed E-state index contributed by atoms with van der Waals surface area (Å²) in [6.07, 6.45) is 2.01. The maximum atomic E-state index is 10.9. The van der Waals surface area contributed by atoms with Gasteiger partial charge in [0.1, 0.15) is 5.82 Å². The molecule has 0 atom stereocenters. The summed E-state index contributed by atoms with van der Waals surface area (Å²) < 4.78 is 0. The highest BCUT2D eigenvalue weighted by atomic mass is 16.6. The topological polar surface area (TPSA) is 81.0 Å². The van der Waals surface area contributed by atoms with Gasteiger partial charge in [0.05, 0.1) is 4.92 Å². The first-order valence-corrected chi connectivity index (χ1v) is 7.40. The predicted molar refractivity (Wildman–Crippen MR) is 86.9 cm³/mol. The predicted octanol–water partition coefficient (Wildman–Crippen LogP) is 3.96. The molecular weight excluding hydrogens is 280 g/mol. The highest BCUT2D eigenvalue weighted by Gasteiger charge is 2.11. The maximum absolute atomic E-state index is 10.9. The van der Waals surface area contributed by atoms with Gasteiger partial charge in [-0.1, -0.05) is 26.0 Å². The van der Waals surface area contributed by atoms with Crippen molar-refractivity contribution in [2.75, 3.05) is 5.32 Å². The lowest BCUT2D eigenvalue weighted by Gasteiger charge is -2.16. The van der Waals surface area contributed by atoms with Crippen molar-refractivity contribution in [3.05, 3.63) is 46.1 Å². The Morgan fingerprint density at radius 1 is 1.23 bits per heavy atom. The molecule has 0 aliphatic heterocycles. The van der Waals surface area contributed by atoms with Crippen molar-refractivity contribution in [1.29, 1.82) is 0 Å². The molecule has 0 aliphatic carbocycles. The average molecular weight is 300 g/mol. The van der Waals surface area contributed by atoms with Crippen LogP contribution in [0.2, 0.25) is 0 Å². The number of nitrogens with one attached hydrogen (secondary N) is 1. The molecule has 6 nitrogen and oxygen atoms in total. The third-order valence-corrected chi connectivity index (χ3v) is 3.51. The van der Waals surface area contributed by atoms with Gasteiger partial charge in [-0.15, -0.1) is 0 Å². The lowest BCUT2D eigenvalue weighted by molar-refractivity contribution is -0.384. The summed E-state index contributed by atoms with van der Waals surface area (Å²) in [7, 11) is 0. The average Bonchev–Trinajstić information content (AvgIpc) is 2.52. The molecular formula is C16H20N4O2. The van der Waals surface area contributed by atoms with Crippen LogP contribution in [0.15, 0.2) is 30.3 Å². The number of anilines is 1. The molecule has 1 aromatic carbocycles. The summed E-state index contributed by atoms with van der Waals surface area (Å²) in [5, 5.41) is 14.3. The minimum absolute atomic E-state index is 0.0390. The zero-order valence-corrected chi connectivity index (χ0v) is 13.0. The van der Waals surface area contributed by atoms with Gasteiger partial charge >= 0.3 is 0 Å². The van der Waals surface area contributed by atoms with E-state index >= 15 is 0 Å². The van der Waals surface area contributed by atoms with E-state index in [0.717, 1.165) is 24.4 Å². The lowest BCUT2D eigenvalue weighted by atomic mass is 10.1. The van der Waals surface area contributed by atoms with E-state index in [9.17, 15) is 10.1 Å². The first kappa shape index (κ1) is 15.9. The number of aromatic nitrogens is 2. The minimum Gasteiger partial charge on any atom is -0.367 e. The molecule has 0 spiro atoms. The Balaban J connectivity index is 2.37. The van der Waals surface area contributed by atoms with Crippen LogP contribution in [0.3, 0.4) is 0 Å². The first-order valence-electron chi connectivity index (χ1n) is 7.40. The molecule has 0 unspecified atom stereocenters. The lowest BCUT2D eigenvalue weighted by Crippen LogP contribution is -2.18. The quantitative estimate of drug-likeness (QED) is 0.645. The third kappa shape index (κ3) is 3.78. The van der Waals surface area contributed by atoms with Crippen molar-refractivity contribution >= 4 is 11.5 Å². The number of rotatable bonds is 6. The monoisotopic (exact) mass is 300 g/mol. The van der Waals surface area contributed by atoms with Crippen LogP contribution in [0.5, 0.6) is 0 Å². The molecule has 0 amide bonds. The number of non-ortho nitro benzene ring substituents is 1. The van der Waals surface area contributed by atoms with E-state index in [1.54, 1.807) is 12.1 Å². The normalized spacial score (nSPS) is 10.7. The third-order valence-electron chi connectivity index (χ3n) is 3.51. The van der Waals surface area contributed by atoms with Crippen molar-refractivity contribution in [3.63, 3.8) is 0 Å². The molecule has 0 saturated heterocycles. The minimum atomic E-state index is -0.414. The highest BCUT2D eigenvalue weighted by Crippen LogP contribution is 2.23. The van der Waals surface area contributed by atoms with Crippen molar-refractivity contribution in [2.45, 2.75) is 39.7 Å². The summed E-state index contributed by atoms with van der Waals surface area (Å²) in [5.41, 5.74) is 1.51. The molecule has 1 N–H and O–H groups in total. The van der Waals surface area contributed by atoms with Gasteiger partial charge in [0.2, 0.25) is 0 Å². The Bertz CT molecular complexity index is 669. The fraction of sp³-hybridized carbons (Fsp3) is 0.375. The van der Waals surface area contributed by atoms with Crippen LogP contribution in [0.4, 0.5) is 11.5 Å². The molecule has 0 radical (unpaired) electrons. The molecule has 0 saturated carbocycles. The second kappa shape index (κ2) is 6.98. The molecule has 1 heterocycles. The van der Waals surface area contributed by atoms with E-state index in [4.69, 9.17) is 0 Å². The van der Waals surface area contributed by atoms with Gasteiger partial charge in [-0.25, -0.2) is 9.97 Å². The summed E-state index contributed by atoms with van der Waals surface area (Å²) in [5.74, 6) is 1.25. The molecule has 2 rings (SSSR count). The van der Waals surface area contributed by atoms with Crippen LogP contribution in [0.1, 0.15) is 32.4 Å². The Kier molecular flexibility index (Phi) is 5.04. The summed E-state index contributed by atoms with van der Waals surface area (Å²) >= 11 is 0. The number of hydrogen-bond donors (Lipinski definition) is 1. The standard InChI is InChI=1S/C16H20N4O2/c1-4-13(5-2)18-15-9-11(3)17-16(19-15)12-7-6-8-14(10-12)20(21)22/h6-10,13H,4-5H2,1-3H3,(H,17,18,19). The van der Waals surface area contributed by atoms with Crippen molar-refractivity contribution < 1.29 is 4.92 Å². The van der Waals surface area contributed by atoms with E-state index in [1.165, 1.54) is 12.1 Å². The fourth-order valence-corrected chi connectivity index (χ4v) is 2.23. The van der Waals surface area contributed by atoms with E-state index in [1.807, 2.05) is 13.0 Å². The van der Waals surface area contributed by atoms with Crippen LogP contribution in [0, 0.1) is 17.0 Å². The molecule has 0 aliphatic rings. The van der Waals surface area contributed by atoms with E-state index < -0.39 is 4.92 Å². The molecule has 2 aromatic rings. The van der Waals surface area contributed by atoms with Gasteiger partial charge in [0.25, 0.3) is 5.69 Å². The highest BCUT2D eigenvalue weighted by molar-refractivity contribution is 5.61. The number of benzene rings is 1. The summed E-state index contributed by atoms with van der Waals surface area (Å²) in [4.78, 5) is 19.4. The molecule has 1 aromatic heterocycles. The van der Waals surface area contributed by atoms with Gasteiger partial charge < -0.3 is 5.32 Å². The zero-order valence-electron chi connectivity index (χ0n) is 13.0. The van der Waals surface area contributed by atoms with Crippen LogP contribution in [-0.4, -0.2) is 20.9 Å². The number of nitro groups is 1. The maximum Gasteiger partial charge on any atom is 0.270 e. The van der Waals surface area contributed by atoms with Gasteiger partial charge in [0, 0.05) is 35.5 Å². The van der Waals surface area contributed by atoms with Crippen molar-refractivity contribution in [3.8, 4) is 11.4 Å². The van der Waals surface area contributed by atoms with Gasteiger partial charge in [-0.05, 0) is 19.8 Å². The molecule has 6 heteroatoms. The van der Waals surface area contributed by atoms with Crippen molar-refractivity contribution in [2.24, 2.45) is 0 Å². The second-order valence-corrected chi connectivity index (χ2v) is 5.18. The molecule has 116 valence electrons. The van der Waals surface area contributed by atoms with E-state index in [0.29, 0.717) is 17.4 Å². The Morgan fingerprint density at radius 2 is 1.95 bits per heavy atom. The summed E-state index contributed by atoms with van der Waals surface area (Å²) in [6, 6.07) is 8.63. The Morgan fingerprint density at radius 3 is 2.59 bits per heavy atom. The largest absolute Gasteiger partial charge is 0.367 e. The van der Waals surface area contributed by atoms with Crippen LogP contribution >= 0.6 is 0 Å². The van der Waals surface area contributed by atoms with Crippen LogP contribution < -0.4 is 5.32 Å². The van der Waals surface area contributed by atoms with E-state index in [2.05, 4.69) is 29.1 Å². The summed E-state index contributed by atoms with van der Waals surface area (Å²) in [6.45, 7) is 6.13. The molecule has 0 bridgehead atoms. The SMILES string of the molecule is CCC(CC)Nc1cc(C)nc(-c2cccc([N+](=O)[O-])c2)n1. The number of nitro benzene ring substituents is 1. The van der Waals surface area contributed by atoms with Crippen LogP contribution in [-0.2, 0) is 0 Å². The smallest absolute Gasteiger partial charge is 0.270 e. The van der Waals surface area contributed by atoms with Gasteiger partial charge in [0.15, 0.2) is 5.82 Å². The second-order valence-electron chi connectivity index (χ2n) is 5.18. The Hall–Kier alpha value is -2.50. The first-order chi connectivity index (χ1) is 10.5. The van der Waals surface area contributed by atoms with Gasteiger partial charge in [-0.3, -0.25) is 10.1 Å².